The van der Waals surface area contributed by atoms with Crippen LogP contribution in [0.2, 0.25) is 0 Å². The van der Waals surface area contributed by atoms with Gasteiger partial charge in [-0.1, -0.05) is 6.92 Å². The Labute approximate surface area is 91.2 Å². The van der Waals surface area contributed by atoms with Crippen LogP contribution in [-0.2, 0) is 12.8 Å². The van der Waals surface area contributed by atoms with Crippen molar-refractivity contribution >= 4 is 0 Å². The Morgan fingerprint density at radius 2 is 1.88 bits per heavy atom. The molecule has 0 radical (unpaired) electrons. The fourth-order valence-corrected chi connectivity index (χ4v) is 1.13. The number of aromatic nitrogens is 2. The zero-order chi connectivity index (χ0) is 12.0. The third-order valence-electron chi connectivity index (χ3n) is 1.80. The van der Waals surface area contributed by atoms with Crippen LogP contribution in [0.4, 0.5) is 13.2 Å². The van der Waals surface area contributed by atoms with Crippen molar-refractivity contribution in [2.75, 3.05) is 13.1 Å². The van der Waals surface area contributed by atoms with Crippen LogP contribution in [0.3, 0.4) is 0 Å². The summed E-state index contributed by atoms with van der Waals surface area (Å²) >= 11 is 0. The summed E-state index contributed by atoms with van der Waals surface area (Å²) in [5.41, 5.74) is 0. The van der Waals surface area contributed by atoms with Gasteiger partial charge < -0.3 is 9.73 Å². The number of hydrogen-bond acceptors (Lipinski definition) is 4. The average molecular weight is 237 g/mol. The highest BCUT2D eigenvalue weighted by Crippen LogP contribution is 2.20. The van der Waals surface area contributed by atoms with Gasteiger partial charge in [0.2, 0.25) is 11.8 Å². The number of hydrogen-bond donors (Lipinski definition) is 1. The highest BCUT2D eigenvalue weighted by molar-refractivity contribution is 4.84. The zero-order valence-electron chi connectivity index (χ0n) is 8.97. The van der Waals surface area contributed by atoms with Crippen LogP contribution >= 0.6 is 0 Å². The molecule has 92 valence electrons. The molecule has 0 aromatic carbocycles. The molecule has 1 aromatic rings. The summed E-state index contributed by atoms with van der Waals surface area (Å²) in [5.74, 6) is -0.138. The van der Waals surface area contributed by atoms with E-state index in [0.29, 0.717) is 13.0 Å². The maximum Gasteiger partial charge on any atom is 0.397 e. The summed E-state index contributed by atoms with van der Waals surface area (Å²) in [7, 11) is 0. The van der Waals surface area contributed by atoms with Crippen molar-refractivity contribution in [3.05, 3.63) is 11.8 Å². The SMILES string of the molecule is CCCNCCc1nnc(CC(F)(F)F)o1. The Morgan fingerprint density at radius 1 is 1.19 bits per heavy atom. The fourth-order valence-electron chi connectivity index (χ4n) is 1.13. The molecule has 4 nitrogen and oxygen atoms in total. The van der Waals surface area contributed by atoms with E-state index in [9.17, 15) is 13.2 Å². The molecular weight excluding hydrogens is 223 g/mol. The molecule has 1 aromatic heterocycles. The molecule has 0 spiro atoms. The molecule has 0 aliphatic rings. The van der Waals surface area contributed by atoms with Crippen molar-refractivity contribution in [2.45, 2.75) is 32.4 Å². The molecule has 0 aliphatic carbocycles. The minimum Gasteiger partial charge on any atom is -0.425 e. The van der Waals surface area contributed by atoms with Crippen molar-refractivity contribution in [3.63, 3.8) is 0 Å². The number of nitrogens with zero attached hydrogens (tertiary/aromatic N) is 2. The molecule has 0 atom stereocenters. The molecule has 0 fully saturated rings. The van der Waals surface area contributed by atoms with E-state index < -0.39 is 12.6 Å². The van der Waals surface area contributed by atoms with Crippen LogP contribution in [0.1, 0.15) is 25.1 Å². The topological polar surface area (TPSA) is 51.0 Å². The summed E-state index contributed by atoms with van der Waals surface area (Å²) in [6.07, 6.45) is -4.01. The van der Waals surface area contributed by atoms with Gasteiger partial charge in [-0.2, -0.15) is 13.2 Å². The predicted octanol–water partition coefficient (Wildman–Crippen LogP) is 1.72. The van der Waals surface area contributed by atoms with Gasteiger partial charge in [0.15, 0.2) is 0 Å². The standard InChI is InChI=1S/C9H14F3N3O/c1-2-4-13-5-3-7-14-15-8(16-7)6-9(10,11)12/h13H,2-6H2,1H3. The zero-order valence-corrected chi connectivity index (χ0v) is 8.97. The highest BCUT2D eigenvalue weighted by Gasteiger charge is 2.30. The predicted molar refractivity (Wildman–Crippen MR) is 50.9 cm³/mol. The molecular formula is C9H14F3N3O. The van der Waals surface area contributed by atoms with Crippen LogP contribution in [0.15, 0.2) is 4.42 Å². The summed E-state index contributed by atoms with van der Waals surface area (Å²) in [6.45, 7) is 3.52. The minimum absolute atomic E-state index is 0.239. The smallest absolute Gasteiger partial charge is 0.397 e. The van der Waals surface area contributed by atoms with Gasteiger partial charge in [0.25, 0.3) is 0 Å². The first-order chi connectivity index (χ1) is 7.51. The Balaban J connectivity index is 2.34. The quantitative estimate of drug-likeness (QED) is 0.765. The van der Waals surface area contributed by atoms with Gasteiger partial charge in [-0.05, 0) is 13.0 Å². The van der Waals surface area contributed by atoms with Gasteiger partial charge in [0, 0.05) is 13.0 Å². The molecule has 0 bridgehead atoms. The second kappa shape index (κ2) is 5.83. The third-order valence-corrected chi connectivity index (χ3v) is 1.80. The molecule has 16 heavy (non-hydrogen) atoms. The van der Waals surface area contributed by atoms with Crippen molar-refractivity contribution in [3.8, 4) is 0 Å². The van der Waals surface area contributed by atoms with Crippen molar-refractivity contribution < 1.29 is 17.6 Å². The minimum atomic E-state index is -4.30. The number of rotatable bonds is 6. The molecule has 1 rings (SSSR count). The van der Waals surface area contributed by atoms with E-state index in [1.54, 1.807) is 0 Å². The van der Waals surface area contributed by atoms with E-state index in [0.717, 1.165) is 13.0 Å². The first-order valence-electron chi connectivity index (χ1n) is 5.10. The summed E-state index contributed by atoms with van der Waals surface area (Å²) in [4.78, 5) is 0. The lowest BCUT2D eigenvalue weighted by molar-refractivity contribution is -0.130. The molecule has 1 heterocycles. The molecule has 0 saturated carbocycles. The maximum absolute atomic E-state index is 12.0. The Bertz CT molecular complexity index is 311. The van der Waals surface area contributed by atoms with E-state index in [1.165, 1.54) is 0 Å². The second-order valence-electron chi connectivity index (χ2n) is 3.38. The molecule has 0 unspecified atom stereocenters. The molecule has 1 N–H and O–H groups in total. The van der Waals surface area contributed by atoms with Gasteiger partial charge in [-0.15, -0.1) is 10.2 Å². The number of halogens is 3. The van der Waals surface area contributed by atoms with Gasteiger partial charge in [0.1, 0.15) is 6.42 Å². The lowest BCUT2D eigenvalue weighted by atomic mass is 10.4. The van der Waals surface area contributed by atoms with E-state index in [-0.39, 0.29) is 11.8 Å². The van der Waals surface area contributed by atoms with Crippen molar-refractivity contribution in [1.82, 2.24) is 15.5 Å². The highest BCUT2D eigenvalue weighted by atomic mass is 19.4. The van der Waals surface area contributed by atoms with Crippen LogP contribution in [0.25, 0.3) is 0 Å². The summed E-state index contributed by atoms with van der Waals surface area (Å²) < 4.78 is 40.7. The summed E-state index contributed by atoms with van der Waals surface area (Å²) in [6, 6.07) is 0. The van der Waals surface area contributed by atoms with E-state index in [4.69, 9.17) is 4.42 Å². The Kier molecular flexibility index (Phi) is 4.72. The number of alkyl halides is 3. The Hall–Kier alpha value is -1.11. The lowest BCUT2D eigenvalue weighted by Crippen LogP contribution is -2.17. The second-order valence-corrected chi connectivity index (χ2v) is 3.38. The maximum atomic E-state index is 12.0. The van der Waals surface area contributed by atoms with Crippen molar-refractivity contribution in [1.29, 1.82) is 0 Å². The van der Waals surface area contributed by atoms with Gasteiger partial charge in [-0.3, -0.25) is 0 Å². The molecule has 7 heteroatoms. The van der Waals surface area contributed by atoms with Crippen LogP contribution in [0.5, 0.6) is 0 Å². The average Bonchev–Trinajstić information content (AvgIpc) is 2.58. The van der Waals surface area contributed by atoms with E-state index >= 15 is 0 Å². The van der Waals surface area contributed by atoms with Gasteiger partial charge in [-0.25, -0.2) is 0 Å². The Morgan fingerprint density at radius 3 is 2.50 bits per heavy atom. The summed E-state index contributed by atoms with van der Waals surface area (Å²) in [5, 5.41) is 9.97. The molecule has 0 amide bonds. The third kappa shape index (κ3) is 5.11. The van der Waals surface area contributed by atoms with Crippen LogP contribution in [-0.4, -0.2) is 29.5 Å². The van der Waals surface area contributed by atoms with Crippen LogP contribution in [0, 0.1) is 0 Å². The van der Waals surface area contributed by atoms with E-state index in [2.05, 4.69) is 15.5 Å². The largest absolute Gasteiger partial charge is 0.425 e. The first kappa shape index (κ1) is 13.0. The van der Waals surface area contributed by atoms with E-state index in [1.807, 2.05) is 6.92 Å². The van der Waals surface area contributed by atoms with Crippen molar-refractivity contribution in [2.24, 2.45) is 0 Å². The fraction of sp³-hybridized carbons (Fsp3) is 0.778. The van der Waals surface area contributed by atoms with Crippen LogP contribution < -0.4 is 5.32 Å². The molecule has 0 aliphatic heterocycles. The normalized spacial score (nSPS) is 12.0. The monoisotopic (exact) mass is 237 g/mol. The number of nitrogens with one attached hydrogen (secondary N) is 1. The molecule has 0 saturated heterocycles. The van der Waals surface area contributed by atoms with Gasteiger partial charge in [0.05, 0.1) is 0 Å². The lowest BCUT2D eigenvalue weighted by Gasteiger charge is -2.00. The van der Waals surface area contributed by atoms with Gasteiger partial charge >= 0.3 is 6.18 Å². The first-order valence-corrected chi connectivity index (χ1v) is 5.10.